The Morgan fingerprint density at radius 1 is 1.67 bits per heavy atom. The molecule has 56 valence electrons. The Kier molecular flexibility index (Phi) is 4.58. The molecule has 0 aromatic carbocycles. The van der Waals surface area contributed by atoms with Crippen molar-refractivity contribution in [2.45, 2.75) is 17.8 Å². The third-order valence-corrected chi connectivity index (χ3v) is 1.72. The molecule has 1 rings (SSSR count). The van der Waals surface area contributed by atoms with Crippen LogP contribution in [-0.4, -0.2) is 29.7 Å². The lowest BCUT2D eigenvalue weighted by Gasteiger charge is -2.01. The lowest BCUT2D eigenvalue weighted by atomic mass is 10.2. The Labute approximate surface area is 66.0 Å². The number of hydrogen-bond donors (Lipinski definition) is 2. The van der Waals surface area contributed by atoms with Crippen molar-refractivity contribution in [1.82, 2.24) is 5.32 Å². The minimum atomic E-state index is 0. The fraction of sp³-hybridized carbons (Fsp3) is 1.00. The molecule has 0 radical (unpaired) electrons. The van der Waals surface area contributed by atoms with Gasteiger partial charge in [0.05, 0.1) is 6.61 Å². The van der Waals surface area contributed by atoms with Crippen LogP contribution in [0.2, 0.25) is 0 Å². The van der Waals surface area contributed by atoms with Gasteiger partial charge < -0.3 is 10.4 Å². The van der Waals surface area contributed by atoms with Crippen LogP contribution in [-0.2, 0) is 0 Å². The fourth-order valence-corrected chi connectivity index (χ4v) is 1.21. The van der Waals surface area contributed by atoms with Crippen LogP contribution in [0.3, 0.4) is 0 Å². The molecule has 0 aliphatic carbocycles. The third-order valence-electron chi connectivity index (χ3n) is 1.39. The van der Waals surface area contributed by atoms with Crippen molar-refractivity contribution < 1.29 is 5.11 Å². The smallest absolute Gasteiger partial charge is 0.0585 e. The molecule has 0 bridgehead atoms. The monoisotopic (exact) mass is 171 g/mol. The number of aliphatic hydroxyl groups excluding tert-OH is 1. The molecular weight excluding hydrogens is 161 g/mol. The van der Waals surface area contributed by atoms with Gasteiger partial charge in [-0.05, 0) is 6.42 Å². The van der Waals surface area contributed by atoms with Crippen molar-refractivity contribution in [2.24, 2.45) is 0 Å². The Morgan fingerprint density at radius 3 is 2.56 bits per heavy atom. The molecule has 2 N–H and O–H groups in total. The van der Waals surface area contributed by atoms with Gasteiger partial charge in [0.15, 0.2) is 0 Å². The molecule has 0 aromatic rings. The van der Waals surface area contributed by atoms with Crippen molar-refractivity contribution in [3.05, 3.63) is 0 Å². The Hall–Kier alpha value is 0.500. The average Bonchev–Trinajstić information content (AvgIpc) is 2.14. The molecule has 1 aliphatic heterocycles. The molecule has 0 unspecified atom stereocenters. The zero-order chi connectivity index (χ0) is 5.98. The van der Waals surface area contributed by atoms with Crippen LogP contribution in [0.5, 0.6) is 0 Å². The number of hydrogen-bond acceptors (Lipinski definition) is 2. The van der Waals surface area contributed by atoms with Crippen LogP contribution in [0, 0.1) is 0 Å². The fourth-order valence-electron chi connectivity index (χ4n) is 0.909. The molecule has 9 heavy (non-hydrogen) atoms. The molecule has 0 spiro atoms. The van der Waals surface area contributed by atoms with Crippen LogP contribution >= 0.6 is 24.0 Å². The van der Waals surface area contributed by atoms with Gasteiger partial charge in [-0.15, -0.1) is 24.0 Å². The van der Waals surface area contributed by atoms with Gasteiger partial charge in [-0.1, -0.05) is 0 Å². The molecule has 1 saturated heterocycles. The highest BCUT2D eigenvalue weighted by molar-refractivity contribution is 6.21. The van der Waals surface area contributed by atoms with Crippen LogP contribution in [0.15, 0.2) is 0 Å². The second-order valence-corrected chi connectivity index (χ2v) is 2.74. The quantitative estimate of drug-likeness (QED) is 0.560. The molecule has 1 heterocycles. The van der Waals surface area contributed by atoms with Crippen LogP contribution in [0.1, 0.15) is 6.42 Å². The summed E-state index contributed by atoms with van der Waals surface area (Å²) in [5.41, 5.74) is 0. The largest absolute Gasteiger partial charge is 0.395 e. The van der Waals surface area contributed by atoms with Gasteiger partial charge in [-0.25, -0.2) is 0 Å². The average molecular weight is 172 g/mol. The molecule has 0 amide bonds. The highest BCUT2D eigenvalue weighted by Gasteiger charge is 2.20. The molecule has 1 aliphatic rings. The van der Waals surface area contributed by atoms with Crippen molar-refractivity contribution in [2.75, 3.05) is 13.2 Å². The summed E-state index contributed by atoms with van der Waals surface area (Å²) in [6.07, 6.45) is 0.901. The molecule has 0 saturated carbocycles. The van der Waals surface area contributed by atoms with Gasteiger partial charge in [0.25, 0.3) is 0 Å². The van der Waals surface area contributed by atoms with E-state index in [0.29, 0.717) is 0 Å². The highest BCUT2D eigenvalue weighted by Crippen LogP contribution is 2.10. The maximum Gasteiger partial charge on any atom is 0.0585 e. The molecule has 1 fully saturated rings. The predicted molar refractivity (Wildman–Crippen MR) is 40.4 cm³/mol. The normalized spacial score (nSPS) is 34.0. The first kappa shape index (κ1) is 9.50. The van der Waals surface area contributed by atoms with Crippen LogP contribution in [0.4, 0.5) is 0 Å². The maximum atomic E-state index is 8.56. The molecule has 4 heteroatoms. The van der Waals surface area contributed by atoms with Gasteiger partial charge in [0.2, 0.25) is 0 Å². The summed E-state index contributed by atoms with van der Waals surface area (Å²) < 4.78 is 0. The van der Waals surface area contributed by atoms with Crippen molar-refractivity contribution in [1.29, 1.82) is 0 Å². The molecule has 2 atom stereocenters. The zero-order valence-electron chi connectivity index (χ0n) is 5.01. The summed E-state index contributed by atoms with van der Waals surface area (Å²) in [6, 6.07) is 0.248. The van der Waals surface area contributed by atoms with Gasteiger partial charge in [-0.3, -0.25) is 0 Å². The van der Waals surface area contributed by atoms with E-state index in [4.69, 9.17) is 16.7 Å². The lowest BCUT2D eigenvalue weighted by molar-refractivity contribution is 0.255. The summed E-state index contributed by atoms with van der Waals surface area (Å²) in [4.78, 5) is 0. The van der Waals surface area contributed by atoms with E-state index in [-0.39, 0.29) is 30.4 Å². The topological polar surface area (TPSA) is 32.3 Å². The van der Waals surface area contributed by atoms with Gasteiger partial charge in [0.1, 0.15) is 0 Å². The number of rotatable bonds is 1. The second-order valence-electron chi connectivity index (χ2n) is 2.12. The van der Waals surface area contributed by atoms with E-state index >= 15 is 0 Å². The minimum Gasteiger partial charge on any atom is -0.395 e. The summed E-state index contributed by atoms with van der Waals surface area (Å²) in [6.45, 7) is 1.05. The Bertz CT molecular complexity index is 81.4. The Balaban J connectivity index is 0.000000640. The SMILES string of the molecule is Cl.OC[C@@H]1C[C@H](Cl)CN1. The third kappa shape index (κ3) is 2.72. The standard InChI is InChI=1S/C5H10ClNO.ClH/c6-4-1-5(3-8)7-2-4;/h4-5,7-8H,1-3H2;1H/t4-,5-;/m0./s1. The lowest BCUT2D eigenvalue weighted by Crippen LogP contribution is -2.24. The maximum absolute atomic E-state index is 8.56. The van der Waals surface area contributed by atoms with Crippen LogP contribution in [0.25, 0.3) is 0 Å². The number of alkyl halides is 1. The van der Waals surface area contributed by atoms with E-state index < -0.39 is 0 Å². The minimum absolute atomic E-state index is 0. The van der Waals surface area contributed by atoms with Crippen molar-refractivity contribution >= 4 is 24.0 Å². The number of halogens is 2. The van der Waals surface area contributed by atoms with E-state index in [1.807, 2.05) is 0 Å². The van der Waals surface area contributed by atoms with E-state index in [0.717, 1.165) is 13.0 Å². The predicted octanol–water partition coefficient (Wildman–Crippen LogP) is 0.370. The first-order valence-electron chi connectivity index (χ1n) is 2.81. The summed E-state index contributed by atoms with van der Waals surface area (Å²) in [5.74, 6) is 0. The molecule has 0 aromatic heterocycles. The zero-order valence-corrected chi connectivity index (χ0v) is 6.58. The molecular formula is C5H11Cl2NO. The number of aliphatic hydroxyl groups is 1. The van der Waals surface area contributed by atoms with E-state index in [9.17, 15) is 0 Å². The first-order valence-corrected chi connectivity index (χ1v) is 3.25. The summed E-state index contributed by atoms with van der Waals surface area (Å²) in [7, 11) is 0. The van der Waals surface area contributed by atoms with Crippen LogP contribution < -0.4 is 5.32 Å². The second kappa shape index (κ2) is 4.34. The van der Waals surface area contributed by atoms with Gasteiger partial charge in [0, 0.05) is 18.0 Å². The van der Waals surface area contributed by atoms with E-state index in [2.05, 4.69) is 5.32 Å². The van der Waals surface area contributed by atoms with E-state index in [1.54, 1.807) is 0 Å². The summed E-state index contributed by atoms with van der Waals surface area (Å²) >= 11 is 5.71. The van der Waals surface area contributed by atoms with E-state index in [1.165, 1.54) is 0 Å². The van der Waals surface area contributed by atoms with Crippen molar-refractivity contribution in [3.63, 3.8) is 0 Å². The highest BCUT2D eigenvalue weighted by atomic mass is 35.5. The molecule has 2 nitrogen and oxygen atoms in total. The first-order chi connectivity index (χ1) is 3.83. The van der Waals surface area contributed by atoms with Gasteiger partial charge >= 0.3 is 0 Å². The summed E-state index contributed by atoms with van der Waals surface area (Å²) in [5, 5.41) is 11.9. The Morgan fingerprint density at radius 2 is 2.33 bits per heavy atom. The van der Waals surface area contributed by atoms with Gasteiger partial charge in [-0.2, -0.15) is 0 Å². The van der Waals surface area contributed by atoms with Crippen molar-refractivity contribution in [3.8, 4) is 0 Å². The number of nitrogens with one attached hydrogen (secondary N) is 1.